The van der Waals surface area contributed by atoms with Gasteiger partial charge >= 0.3 is 0 Å². The molecular formula is C10H14O2. The van der Waals surface area contributed by atoms with Crippen molar-refractivity contribution in [3.05, 3.63) is 12.2 Å². The van der Waals surface area contributed by atoms with Gasteiger partial charge in [0.25, 0.3) is 0 Å². The molecule has 66 valence electrons. The molecule has 2 aliphatic carbocycles. The zero-order valence-electron chi connectivity index (χ0n) is 7.07. The van der Waals surface area contributed by atoms with Crippen molar-refractivity contribution in [1.29, 1.82) is 0 Å². The van der Waals surface area contributed by atoms with E-state index in [-0.39, 0.29) is 0 Å². The van der Waals surface area contributed by atoms with Gasteiger partial charge in [0.15, 0.2) is 0 Å². The van der Waals surface area contributed by atoms with E-state index in [1.54, 1.807) is 0 Å². The van der Waals surface area contributed by atoms with Crippen LogP contribution in [0.4, 0.5) is 0 Å². The van der Waals surface area contributed by atoms with Crippen molar-refractivity contribution < 1.29 is 9.90 Å². The zero-order chi connectivity index (χ0) is 8.60. The van der Waals surface area contributed by atoms with Crippen molar-refractivity contribution in [1.82, 2.24) is 0 Å². The van der Waals surface area contributed by atoms with E-state index in [0.29, 0.717) is 24.7 Å². The second-order valence-corrected chi connectivity index (χ2v) is 3.87. The van der Waals surface area contributed by atoms with E-state index in [1.807, 2.05) is 0 Å². The van der Waals surface area contributed by atoms with Crippen molar-refractivity contribution in [2.75, 3.05) is 0 Å². The zero-order valence-corrected chi connectivity index (χ0v) is 7.07. The number of carbonyl (C=O) groups excluding carboxylic acids is 1. The van der Waals surface area contributed by atoms with Crippen LogP contribution in [0.25, 0.3) is 0 Å². The van der Waals surface area contributed by atoms with Gasteiger partial charge in [-0.15, -0.1) is 0 Å². The summed E-state index contributed by atoms with van der Waals surface area (Å²) in [7, 11) is 0. The molecule has 0 saturated heterocycles. The van der Waals surface area contributed by atoms with Crippen molar-refractivity contribution in [2.24, 2.45) is 11.8 Å². The van der Waals surface area contributed by atoms with E-state index in [0.717, 1.165) is 19.1 Å². The van der Waals surface area contributed by atoms with Crippen LogP contribution in [-0.2, 0) is 4.79 Å². The summed E-state index contributed by atoms with van der Waals surface area (Å²) in [4.78, 5) is 10.2. The number of hydrogen-bond acceptors (Lipinski definition) is 2. The monoisotopic (exact) mass is 166 g/mol. The van der Waals surface area contributed by atoms with Crippen LogP contribution in [0, 0.1) is 11.8 Å². The summed E-state index contributed by atoms with van der Waals surface area (Å²) < 4.78 is 0. The van der Waals surface area contributed by atoms with Gasteiger partial charge in [-0.3, -0.25) is 0 Å². The molecule has 0 heterocycles. The number of aldehydes is 1. The van der Waals surface area contributed by atoms with E-state index in [9.17, 15) is 9.90 Å². The van der Waals surface area contributed by atoms with Crippen molar-refractivity contribution in [3.8, 4) is 0 Å². The van der Waals surface area contributed by atoms with E-state index in [4.69, 9.17) is 0 Å². The highest BCUT2D eigenvalue weighted by Gasteiger charge is 2.49. The van der Waals surface area contributed by atoms with Gasteiger partial charge in [-0.2, -0.15) is 0 Å². The SMILES string of the molecule is O=CCCC1(O)[C@@H]2C=C[C@H]1CC2. The summed E-state index contributed by atoms with van der Waals surface area (Å²) in [6.07, 6.45) is 8.44. The van der Waals surface area contributed by atoms with Gasteiger partial charge in [0.05, 0.1) is 5.60 Å². The van der Waals surface area contributed by atoms with Gasteiger partial charge in [0.1, 0.15) is 6.29 Å². The molecule has 1 N–H and O–H groups in total. The van der Waals surface area contributed by atoms with Crippen LogP contribution in [0.3, 0.4) is 0 Å². The lowest BCUT2D eigenvalue weighted by Gasteiger charge is -2.27. The molecule has 1 unspecified atom stereocenters. The van der Waals surface area contributed by atoms with Gasteiger partial charge in [0.2, 0.25) is 0 Å². The summed E-state index contributed by atoms with van der Waals surface area (Å²) >= 11 is 0. The molecule has 0 aromatic heterocycles. The Bertz CT molecular complexity index is 206. The molecule has 0 aliphatic heterocycles. The van der Waals surface area contributed by atoms with E-state index in [1.165, 1.54) is 0 Å². The van der Waals surface area contributed by atoms with Crippen molar-refractivity contribution in [2.45, 2.75) is 31.3 Å². The molecule has 2 heteroatoms. The van der Waals surface area contributed by atoms with Crippen LogP contribution in [0.1, 0.15) is 25.7 Å². The molecule has 2 bridgehead atoms. The number of rotatable bonds is 3. The van der Waals surface area contributed by atoms with Gasteiger partial charge < -0.3 is 9.90 Å². The third-order valence-corrected chi connectivity index (χ3v) is 3.31. The highest BCUT2D eigenvalue weighted by molar-refractivity contribution is 5.49. The Balaban J connectivity index is 2.07. The summed E-state index contributed by atoms with van der Waals surface area (Å²) in [5.41, 5.74) is -0.569. The van der Waals surface area contributed by atoms with Crippen LogP contribution in [0.2, 0.25) is 0 Å². The lowest BCUT2D eigenvalue weighted by Crippen LogP contribution is -2.34. The number of hydrogen-bond donors (Lipinski definition) is 1. The van der Waals surface area contributed by atoms with Crippen molar-refractivity contribution in [3.63, 3.8) is 0 Å². The van der Waals surface area contributed by atoms with Crippen LogP contribution in [-0.4, -0.2) is 17.0 Å². The van der Waals surface area contributed by atoms with Crippen LogP contribution >= 0.6 is 0 Å². The molecule has 0 amide bonds. The third-order valence-electron chi connectivity index (χ3n) is 3.31. The minimum Gasteiger partial charge on any atom is -0.389 e. The molecule has 1 saturated carbocycles. The fourth-order valence-corrected chi connectivity index (χ4v) is 2.59. The lowest BCUT2D eigenvalue weighted by molar-refractivity contribution is -0.109. The second kappa shape index (κ2) is 2.70. The van der Waals surface area contributed by atoms with Gasteiger partial charge in [-0.1, -0.05) is 12.2 Å². The molecular weight excluding hydrogens is 152 g/mol. The maximum atomic E-state index is 10.2. The Morgan fingerprint density at radius 3 is 2.42 bits per heavy atom. The lowest BCUT2D eigenvalue weighted by atomic mass is 9.86. The molecule has 2 rings (SSSR count). The molecule has 0 radical (unpaired) electrons. The van der Waals surface area contributed by atoms with E-state index < -0.39 is 5.60 Å². The first-order valence-corrected chi connectivity index (χ1v) is 4.61. The Morgan fingerprint density at radius 1 is 1.42 bits per heavy atom. The first-order chi connectivity index (χ1) is 5.77. The van der Waals surface area contributed by atoms with Gasteiger partial charge in [0, 0.05) is 18.3 Å². The minimum atomic E-state index is -0.569. The van der Waals surface area contributed by atoms with Gasteiger partial charge in [-0.05, 0) is 19.3 Å². The molecule has 3 atom stereocenters. The average Bonchev–Trinajstić information content (AvgIpc) is 2.57. The van der Waals surface area contributed by atoms with Crippen LogP contribution in [0.15, 0.2) is 12.2 Å². The Kier molecular flexibility index (Phi) is 1.80. The number of carbonyl (C=O) groups is 1. The summed E-state index contributed by atoms with van der Waals surface area (Å²) in [6, 6.07) is 0. The fourth-order valence-electron chi connectivity index (χ4n) is 2.59. The molecule has 2 nitrogen and oxygen atoms in total. The predicted molar refractivity (Wildman–Crippen MR) is 45.6 cm³/mol. The second-order valence-electron chi connectivity index (χ2n) is 3.87. The first-order valence-electron chi connectivity index (χ1n) is 4.61. The van der Waals surface area contributed by atoms with Crippen molar-refractivity contribution >= 4 is 6.29 Å². The molecule has 0 aromatic rings. The molecule has 0 aromatic carbocycles. The summed E-state index contributed by atoms with van der Waals surface area (Å²) in [5.74, 6) is 0.643. The smallest absolute Gasteiger partial charge is 0.120 e. The van der Waals surface area contributed by atoms with E-state index >= 15 is 0 Å². The Morgan fingerprint density at radius 2 is 2.00 bits per heavy atom. The van der Waals surface area contributed by atoms with Crippen LogP contribution in [0.5, 0.6) is 0 Å². The van der Waals surface area contributed by atoms with Gasteiger partial charge in [-0.25, -0.2) is 0 Å². The largest absolute Gasteiger partial charge is 0.389 e. The first kappa shape index (κ1) is 7.99. The maximum Gasteiger partial charge on any atom is 0.120 e. The van der Waals surface area contributed by atoms with E-state index in [2.05, 4.69) is 12.2 Å². The highest BCUT2D eigenvalue weighted by Crippen LogP contribution is 2.49. The molecule has 12 heavy (non-hydrogen) atoms. The molecule has 2 aliphatic rings. The predicted octanol–water partition coefficient (Wildman–Crippen LogP) is 1.29. The summed E-state index contributed by atoms with van der Waals surface area (Å²) in [5, 5.41) is 10.2. The quantitative estimate of drug-likeness (QED) is 0.506. The normalized spacial score (nSPS) is 43.8. The summed E-state index contributed by atoms with van der Waals surface area (Å²) in [6.45, 7) is 0. The Hall–Kier alpha value is -0.630. The Labute approximate surface area is 72.3 Å². The fraction of sp³-hybridized carbons (Fsp3) is 0.700. The van der Waals surface area contributed by atoms with Crippen LogP contribution < -0.4 is 0 Å². The minimum absolute atomic E-state index is 0.322. The highest BCUT2D eigenvalue weighted by atomic mass is 16.3. The topological polar surface area (TPSA) is 37.3 Å². The molecule has 1 fully saturated rings. The third kappa shape index (κ3) is 0.944. The number of aliphatic hydroxyl groups is 1. The standard InChI is InChI=1S/C10H14O2/c11-7-1-6-10(12)8-2-3-9(10)5-4-8/h2-3,7-9,12H,1,4-6H2/t8-,9+,10?. The number of fused-ring (bicyclic) bond motifs is 2. The average molecular weight is 166 g/mol. The maximum absolute atomic E-state index is 10.2. The molecule has 0 spiro atoms.